The molecular formula is C16H30N2O3. The Bertz CT molecular complexity index is 333. The Morgan fingerprint density at radius 3 is 2.57 bits per heavy atom. The van der Waals surface area contributed by atoms with E-state index in [4.69, 9.17) is 5.11 Å². The van der Waals surface area contributed by atoms with Crippen molar-refractivity contribution in [2.24, 2.45) is 17.8 Å². The standard InChI is InChI=1S/C16H30N2O3/c1-3-13(7-8-15(19)20)9-10-17-16(21)18-11-14-6-4-5-12(14)2/h12-14H,3-11H2,1-2H3,(H,19,20)(H2,17,18,21). The van der Waals surface area contributed by atoms with Gasteiger partial charge in [-0.1, -0.05) is 33.1 Å². The van der Waals surface area contributed by atoms with Gasteiger partial charge in [-0.25, -0.2) is 4.79 Å². The molecule has 21 heavy (non-hydrogen) atoms. The number of aliphatic carboxylic acids is 1. The number of carboxylic acids is 1. The minimum absolute atomic E-state index is 0.0952. The van der Waals surface area contributed by atoms with Gasteiger partial charge in [0.05, 0.1) is 0 Å². The maximum Gasteiger partial charge on any atom is 0.314 e. The summed E-state index contributed by atoms with van der Waals surface area (Å²) < 4.78 is 0. The van der Waals surface area contributed by atoms with Crippen molar-refractivity contribution >= 4 is 12.0 Å². The number of carboxylic acid groups (broad SMARTS) is 1. The van der Waals surface area contributed by atoms with E-state index < -0.39 is 5.97 Å². The molecule has 0 heterocycles. The van der Waals surface area contributed by atoms with E-state index in [-0.39, 0.29) is 12.5 Å². The first kappa shape index (κ1) is 17.8. The first-order valence-electron chi connectivity index (χ1n) is 8.26. The Hall–Kier alpha value is -1.26. The van der Waals surface area contributed by atoms with Crippen LogP contribution in [0.1, 0.15) is 58.8 Å². The van der Waals surface area contributed by atoms with Crippen molar-refractivity contribution in [1.29, 1.82) is 0 Å². The number of hydrogen-bond acceptors (Lipinski definition) is 2. The average molecular weight is 298 g/mol. The van der Waals surface area contributed by atoms with Crippen LogP contribution >= 0.6 is 0 Å². The Balaban J connectivity index is 2.10. The molecule has 2 amide bonds. The Morgan fingerprint density at radius 1 is 1.24 bits per heavy atom. The Morgan fingerprint density at radius 2 is 2.00 bits per heavy atom. The third-order valence-corrected chi connectivity index (χ3v) is 4.75. The fraction of sp³-hybridized carbons (Fsp3) is 0.875. The fourth-order valence-electron chi connectivity index (χ4n) is 3.08. The van der Waals surface area contributed by atoms with Crippen LogP contribution in [0.25, 0.3) is 0 Å². The second-order valence-electron chi connectivity index (χ2n) is 6.30. The van der Waals surface area contributed by atoms with Crippen LogP contribution in [-0.2, 0) is 4.79 Å². The monoisotopic (exact) mass is 298 g/mol. The lowest BCUT2D eigenvalue weighted by molar-refractivity contribution is -0.137. The number of nitrogens with one attached hydrogen (secondary N) is 2. The van der Waals surface area contributed by atoms with Crippen molar-refractivity contribution in [2.45, 2.75) is 58.8 Å². The number of hydrogen-bond donors (Lipinski definition) is 3. The molecule has 1 aliphatic carbocycles. The Labute approximate surface area is 127 Å². The molecule has 0 saturated heterocycles. The third-order valence-electron chi connectivity index (χ3n) is 4.75. The summed E-state index contributed by atoms with van der Waals surface area (Å²) in [6.07, 6.45) is 6.47. The molecule has 3 atom stereocenters. The van der Waals surface area contributed by atoms with Crippen LogP contribution < -0.4 is 10.6 Å². The van der Waals surface area contributed by atoms with Crippen LogP contribution in [0.5, 0.6) is 0 Å². The van der Waals surface area contributed by atoms with Crippen LogP contribution in [0.15, 0.2) is 0 Å². The largest absolute Gasteiger partial charge is 0.481 e. The van der Waals surface area contributed by atoms with Crippen LogP contribution in [0.4, 0.5) is 4.79 Å². The van der Waals surface area contributed by atoms with E-state index in [2.05, 4.69) is 24.5 Å². The molecule has 0 aliphatic heterocycles. The molecule has 122 valence electrons. The molecule has 1 rings (SSSR count). The quantitative estimate of drug-likeness (QED) is 0.612. The molecule has 0 aromatic heterocycles. The van der Waals surface area contributed by atoms with Gasteiger partial charge < -0.3 is 15.7 Å². The molecule has 0 spiro atoms. The summed E-state index contributed by atoms with van der Waals surface area (Å²) in [6, 6.07) is -0.0952. The SMILES string of the molecule is CCC(CCNC(=O)NCC1CCCC1C)CCC(=O)O. The molecule has 1 aliphatic rings. The minimum atomic E-state index is -0.746. The van der Waals surface area contributed by atoms with Gasteiger partial charge in [-0.3, -0.25) is 4.79 Å². The number of carbonyl (C=O) groups is 2. The second kappa shape index (κ2) is 9.64. The van der Waals surface area contributed by atoms with Gasteiger partial charge in [0.15, 0.2) is 0 Å². The average Bonchev–Trinajstić information content (AvgIpc) is 2.85. The number of rotatable bonds is 9. The summed E-state index contributed by atoms with van der Waals surface area (Å²) in [5.41, 5.74) is 0. The van der Waals surface area contributed by atoms with Crippen LogP contribution in [0, 0.1) is 17.8 Å². The Kier molecular flexibility index (Phi) is 8.16. The van der Waals surface area contributed by atoms with E-state index in [1.54, 1.807) is 0 Å². The highest BCUT2D eigenvalue weighted by Gasteiger charge is 2.23. The predicted molar refractivity (Wildman–Crippen MR) is 83.2 cm³/mol. The van der Waals surface area contributed by atoms with E-state index >= 15 is 0 Å². The summed E-state index contributed by atoms with van der Waals surface area (Å²) in [5.74, 6) is 0.960. The summed E-state index contributed by atoms with van der Waals surface area (Å²) in [6.45, 7) is 5.70. The molecule has 0 aromatic carbocycles. The van der Waals surface area contributed by atoms with Crippen molar-refractivity contribution in [1.82, 2.24) is 10.6 Å². The zero-order chi connectivity index (χ0) is 15.7. The number of urea groups is 1. The van der Waals surface area contributed by atoms with E-state index in [0.717, 1.165) is 19.4 Å². The lowest BCUT2D eigenvalue weighted by atomic mass is 9.97. The first-order valence-corrected chi connectivity index (χ1v) is 8.26. The molecule has 1 saturated carbocycles. The van der Waals surface area contributed by atoms with Crippen molar-refractivity contribution in [3.63, 3.8) is 0 Å². The smallest absolute Gasteiger partial charge is 0.314 e. The predicted octanol–water partition coefficient (Wildman–Crippen LogP) is 3.00. The zero-order valence-corrected chi connectivity index (χ0v) is 13.4. The third kappa shape index (κ3) is 7.34. The normalized spacial score (nSPS) is 22.8. The number of amides is 2. The summed E-state index contributed by atoms with van der Waals surface area (Å²) in [7, 11) is 0. The minimum Gasteiger partial charge on any atom is -0.481 e. The zero-order valence-electron chi connectivity index (χ0n) is 13.4. The molecule has 3 unspecified atom stereocenters. The van der Waals surface area contributed by atoms with Crippen LogP contribution in [0.3, 0.4) is 0 Å². The maximum absolute atomic E-state index is 11.7. The van der Waals surface area contributed by atoms with E-state index in [1.165, 1.54) is 19.3 Å². The molecule has 5 heteroatoms. The van der Waals surface area contributed by atoms with Crippen molar-refractivity contribution in [3.8, 4) is 0 Å². The lowest BCUT2D eigenvalue weighted by Crippen LogP contribution is -2.39. The van der Waals surface area contributed by atoms with Gasteiger partial charge in [-0.05, 0) is 37.0 Å². The van der Waals surface area contributed by atoms with Crippen molar-refractivity contribution in [3.05, 3.63) is 0 Å². The summed E-state index contributed by atoms with van der Waals surface area (Å²) in [5, 5.41) is 14.5. The fourth-order valence-corrected chi connectivity index (χ4v) is 3.08. The van der Waals surface area contributed by atoms with Gasteiger partial charge in [0, 0.05) is 19.5 Å². The highest BCUT2D eigenvalue weighted by Crippen LogP contribution is 2.30. The summed E-state index contributed by atoms with van der Waals surface area (Å²) >= 11 is 0. The van der Waals surface area contributed by atoms with Crippen molar-refractivity contribution < 1.29 is 14.7 Å². The molecular weight excluding hydrogens is 268 g/mol. The summed E-state index contributed by atoms with van der Waals surface area (Å²) in [4.78, 5) is 22.3. The van der Waals surface area contributed by atoms with Gasteiger partial charge in [-0.2, -0.15) is 0 Å². The molecule has 5 nitrogen and oxygen atoms in total. The van der Waals surface area contributed by atoms with Gasteiger partial charge in [-0.15, -0.1) is 0 Å². The maximum atomic E-state index is 11.7. The number of carbonyl (C=O) groups excluding carboxylic acids is 1. The lowest BCUT2D eigenvalue weighted by Gasteiger charge is -2.17. The molecule has 0 bridgehead atoms. The van der Waals surface area contributed by atoms with E-state index in [0.29, 0.717) is 30.7 Å². The molecule has 3 N–H and O–H groups in total. The first-order chi connectivity index (χ1) is 10.0. The van der Waals surface area contributed by atoms with Gasteiger partial charge in [0.25, 0.3) is 0 Å². The van der Waals surface area contributed by atoms with E-state index in [9.17, 15) is 9.59 Å². The van der Waals surface area contributed by atoms with Gasteiger partial charge in [0.1, 0.15) is 0 Å². The highest BCUT2D eigenvalue weighted by atomic mass is 16.4. The molecule has 0 radical (unpaired) electrons. The van der Waals surface area contributed by atoms with E-state index in [1.807, 2.05) is 0 Å². The van der Waals surface area contributed by atoms with Gasteiger partial charge in [0.2, 0.25) is 0 Å². The molecule has 0 aromatic rings. The van der Waals surface area contributed by atoms with Crippen LogP contribution in [-0.4, -0.2) is 30.2 Å². The topological polar surface area (TPSA) is 78.4 Å². The highest BCUT2D eigenvalue weighted by molar-refractivity contribution is 5.73. The molecule has 1 fully saturated rings. The van der Waals surface area contributed by atoms with Crippen LogP contribution in [0.2, 0.25) is 0 Å². The van der Waals surface area contributed by atoms with Crippen molar-refractivity contribution in [2.75, 3.05) is 13.1 Å². The second-order valence-corrected chi connectivity index (χ2v) is 6.30. The van der Waals surface area contributed by atoms with Gasteiger partial charge >= 0.3 is 12.0 Å².